The average Bonchev–Trinajstić information content (AvgIpc) is 2.96. The third-order valence-corrected chi connectivity index (χ3v) is 3.52. The van der Waals surface area contributed by atoms with Crippen LogP contribution in [0.1, 0.15) is 61.3 Å². The fraction of sp³-hybridized carbons (Fsp3) is 0.714. The third-order valence-electron chi connectivity index (χ3n) is 3.52. The van der Waals surface area contributed by atoms with Gasteiger partial charge in [-0.3, -0.25) is 4.79 Å². The Morgan fingerprint density at radius 1 is 1.42 bits per heavy atom. The van der Waals surface area contributed by atoms with Crippen LogP contribution in [0.3, 0.4) is 0 Å². The fourth-order valence-corrected chi connectivity index (χ4v) is 2.43. The van der Waals surface area contributed by atoms with Crippen molar-refractivity contribution in [2.45, 2.75) is 58.6 Å². The van der Waals surface area contributed by atoms with Gasteiger partial charge < -0.3 is 14.6 Å². The summed E-state index contributed by atoms with van der Waals surface area (Å²) >= 11 is 0. The third kappa shape index (κ3) is 2.97. The molecule has 0 aromatic carbocycles. The van der Waals surface area contributed by atoms with Crippen molar-refractivity contribution >= 4 is 5.91 Å². The lowest BCUT2D eigenvalue weighted by Crippen LogP contribution is -2.41. The van der Waals surface area contributed by atoms with Crippen molar-refractivity contribution in [1.82, 2.24) is 10.5 Å². The molecule has 1 saturated heterocycles. The SMILES string of the molecule is Cc1noc(C(C)C)c1C(=O)N[C@@H](C)[C@H]1CCCO1. The summed E-state index contributed by atoms with van der Waals surface area (Å²) in [4.78, 5) is 12.4. The molecule has 0 unspecified atom stereocenters. The van der Waals surface area contributed by atoms with Gasteiger partial charge in [0.25, 0.3) is 5.91 Å². The summed E-state index contributed by atoms with van der Waals surface area (Å²) in [5.74, 6) is 0.667. The Bertz CT molecular complexity index is 448. The summed E-state index contributed by atoms with van der Waals surface area (Å²) in [6.45, 7) is 8.53. The summed E-state index contributed by atoms with van der Waals surface area (Å²) in [6, 6.07) is 0.00399. The van der Waals surface area contributed by atoms with E-state index in [1.165, 1.54) is 0 Å². The quantitative estimate of drug-likeness (QED) is 0.909. The Hall–Kier alpha value is -1.36. The van der Waals surface area contributed by atoms with Crippen molar-refractivity contribution < 1.29 is 14.1 Å². The fourth-order valence-electron chi connectivity index (χ4n) is 2.43. The molecule has 1 N–H and O–H groups in total. The molecule has 0 aliphatic carbocycles. The molecule has 19 heavy (non-hydrogen) atoms. The molecule has 5 heteroatoms. The maximum atomic E-state index is 12.4. The summed E-state index contributed by atoms with van der Waals surface area (Å²) in [5.41, 5.74) is 1.21. The van der Waals surface area contributed by atoms with E-state index in [1.54, 1.807) is 6.92 Å². The molecular weight excluding hydrogens is 244 g/mol. The number of ether oxygens (including phenoxy) is 1. The molecule has 0 spiro atoms. The second-order valence-electron chi connectivity index (χ2n) is 5.48. The van der Waals surface area contributed by atoms with E-state index < -0.39 is 0 Å². The smallest absolute Gasteiger partial charge is 0.257 e. The number of aryl methyl sites for hydroxylation is 1. The lowest BCUT2D eigenvalue weighted by atomic mass is 10.0. The summed E-state index contributed by atoms with van der Waals surface area (Å²) in [5, 5.41) is 6.89. The first kappa shape index (κ1) is 14.1. The molecule has 5 nitrogen and oxygen atoms in total. The molecule has 0 bridgehead atoms. The largest absolute Gasteiger partial charge is 0.376 e. The van der Waals surface area contributed by atoms with Gasteiger partial charge in [-0.05, 0) is 26.7 Å². The van der Waals surface area contributed by atoms with Gasteiger partial charge in [-0.2, -0.15) is 0 Å². The molecular formula is C14H22N2O3. The van der Waals surface area contributed by atoms with E-state index in [2.05, 4.69) is 10.5 Å². The number of nitrogens with one attached hydrogen (secondary N) is 1. The van der Waals surface area contributed by atoms with Crippen LogP contribution in [0.2, 0.25) is 0 Å². The first-order chi connectivity index (χ1) is 9.00. The van der Waals surface area contributed by atoms with Crippen LogP contribution in [0.15, 0.2) is 4.52 Å². The van der Waals surface area contributed by atoms with Crippen LogP contribution >= 0.6 is 0 Å². The molecule has 1 aliphatic rings. The van der Waals surface area contributed by atoms with Crippen LogP contribution in [0.4, 0.5) is 0 Å². The Morgan fingerprint density at radius 3 is 2.74 bits per heavy atom. The van der Waals surface area contributed by atoms with Crippen LogP contribution in [-0.2, 0) is 4.74 Å². The van der Waals surface area contributed by atoms with Gasteiger partial charge in [-0.1, -0.05) is 19.0 Å². The van der Waals surface area contributed by atoms with Gasteiger partial charge in [-0.25, -0.2) is 0 Å². The zero-order valence-electron chi connectivity index (χ0n) is 12.0. The van der Waals surface area contributed by atoms with Gasteiger partial charge in [0.15, 0.2) is 5.76 Å². The maximum Gasteiger partial charge on any atom is 0.257 e. The van der Waals surface area contributed by atoms with E-state index >= 15 is 0 Å². The van der Waals surface area contributed by atoms with Crippen molar-refractivity contribution in [2.24, 2.45) is 0 Å². The molecule has 1 aromatic heterocycles. The molecule has 2 atom stereocenters. The van der Waals surface area contributed by atoms with Crippen LogP contribution < -0.4 is 5.32 Å². The Balaban J connectivity index is 2.09. The number of rotatable bonds is 4. The molecule has 2 heterocycles. The van der Waals surface area contributed by atoms with E-state index in [4.69, 9.17) is 9.26 Å². The first-order valence-electron chi connectivity index (χ1n) is 6.89. The lowest BCUT2D eigenvalue weighted by molar-refractivity contribution is 0.0710. The molecule has 0 radical (unpaired) electrons. The van der Waals surface area contributed by atoms with E-state index in [0.717, 1.165) is 19.4 Å². The van der Waals surface area contributed by atoms with E-state index in [-0.39, 0.29) is 24.0 Å². The molecule has 106 valence electrons. The van der Waals surface area contributed by atoms with Crippen molar-refractivity contribution in [3.8, 4) is 0 Å². The van der Waals surface area contributed by atoms with Crippen molar-refractivity contribution in [1.29, 1.82) is 0 Å². The van der Waals surface area contributed by atoms with Gasteiger partial charge in [0.1, 0.15) is 5.56 Å². The zero-order valence-corrected chi connectivity index (χ0v) is 12.0. The number of carbonyl (C=O) groups is 1. The zero-order chi connectivity index (χ0) is 14.0. The molecule has 1 fully saturated rings. The molecule has 2 rings (SSSR count). The molecule has 1 aromatic rings. The number of hydrogen-bond donors (Lipinski definition) is 1. The predicted molar refractivity (Wildman–Crippen MR) is 71.2 cm³/mol. The highest BCUT2D eigenvalue weighted by Crippen LogP contribution is 2.23. The van der Waals surface area contributed by atoms with Gasteiger partial charge in [0.2, 0.25) is 0 Å². The van der Waals surface area contributed by atoms with Crippen LogP contribution in [0.5, 0.6) is 0 Å². The van der Waals surface area contributed by atoms with E-state index in [0.29, 0.717) is 17.0 Å². The number of amides is 1. The van der Waals surface area contributed by atoms with E-state index in [1.807, 2.05) is 20.8 Å². The van der Waals surface area contributed by atoms with Crippen LogP contribution in [0, 0.1) is 6.92 Å². The Morgan fingerprint density at radius 2 is 2.16 bits per heavy atom. The van der Waals surface area contributed by atoms with Gasteiger partial charge in [-0.15, -0.1) is 0 Å². The highest BCUT2D eigenvalue weighted by Gasteiger charge is 2.27. The average molecular weight is 266 g/mol. The first-order valence-corrected chi connectivity index (χ1v) is 6.89. The summed E-state index contributed by atoms with van der Waals surface area (Å²) < 4.78 is 10.8. The molecule has 1 aliphatic heterocycles. The predicted octanol–water partition coefficient (Wildman–Crippen LogP) is 2.40. The van der Waals surface area contributed by atoms with Crippen molar-refractivity contribution in [3.05, 3.63) is 17.0 Å². The standard InChI is InChI=1S/C14H22N2O3/c1-8(2)13-12(10(4)16-19-13)14(17)15-9(3)11-6-5-7-18-11/h8-9,11H,5-7H2,1-4H3,(H,15,17)/t9-,11+/m0/s1. The number of carbonyl (C=O) groups excluding carboxylic acids is 1. The van der Waals surface area contributed by atoms with Crippen molar-refractivity contribution in [3.63, 3.8) is 0 Å². The topological polar surface area (TPSA) is 64.4 Å². The monoisotopic (exact) mass is 266 g/mol. The van der Waals surface area contributed by atoms with Gasteiger partial charge in [0, 0.05) is 12.5 Å². The minimum Gasteiger partial charge on any atom is -0.376 e. The Labute approximate surface area is 113 Å². The van der Waals surface area contributed by atoms with Gasteiger partial charge in [0.05, 0.1) is 17.8 Å². The second-order valence-corrected chi connectivity index (χ2v) is 5.48. The normalized spacial score (nSPS) is 20.8. The van der Waals surface area contributed by atoms with Crippen LogP contribution in [0.25, 0.3) is 0 Å². The number of aromatic nitrogens is 1. The number of hydrogen-bond acceptors (Lipinski definition) is 4. The van der Waals surface area contributed by atoms with Gasteiger partial charge >= 0.3 is 0 Å². The van der Waals surface area contributed by atoms with Crippen molar-refractivity contribution in [2.75, 3.05) is 6.61 Å². The second kappa shape index (κ2) is 5.74. The lowest BCUT2D eigenvalue weighted by Gasteiger charge is -2.20. The Kier molecular flexibility index (Phi) is 4.24. The summed E-state index contributed by atoms with van der Waals surface area (Å²) in [6.07, 6.45) is 2.18. The minimum absolute atomic E-state index is 0.00399. The highest BCUT2D eigenvalue weighted by atomic mass is 16.5. The molecule has 0 saturated carbocycles. The summed E-state index contributed by atoms with van der Waals surface area (Å²) in [7, 11) is 0. The molecule has 1 amide bonds. The highest BCUT2D eigenvalue weighted by molar-refractivity contribution is 5.96. The van der Waals surface area contributed by atoms with E-state index in [9.17, 15) is 4.79 Å². The minimum atomic E-state index is -0.120. The van der Waals surface area contributed by atoms with Crippen LogP contribution in [-0.4, -0.2) is 29.8 Å². The maximum absolute atomic E-state index is 12.4. The number of nitrogens with zero attached hydrogens (tertiary/aromatic N) is 1.